The van der Waals surface area contributed by atoms with Crippen molar-refractivity contribution in [1.29, 1.82) is 0 Å². The second-order valence-corrected chi connectivity index (χ2v) is 10.3. The topological polar surface area (TPSA) is 79.0 Å². The van der Waals surface area contributed by atoms with E-state index < -0.39 is 27.8 Å². The van der Waals surface area contributed by atoms with Gasteiger partial charge in [-0.05, 0) is 35.7 Å². The number of nitrogens with one attached hydrogen (secondary N) is 1. The number of halogens is 2. The molecule has 1 heterocycles. The lowest BCUT2D eigenvalue weighted by Gasteiger charge is -2.30. The van der Waals surface area contributed by atoms with E-state index in [-0.39, 0.29) is 23.7 Å². The normalized spacial score (nSPS) is 15.8. The minimum atomic E-state index is -3.83. The van der Waals surface area contributed by atoms with Crippen molar-refractivity contribution in [3.8, 4) is 0 Å². The second-order valence-electron chi connectivity index (χ2n) is 8.00. The molecular formula is C23H29ClFN3O4S. The van der Waals surface area contributed by atoms with E-state index in [1.807, 2.05) is 24.3 Å². The third-order valence-corrected chi connectivity index (χ3v) is 6.96. The van der Waals surface area contributed by atoms with Crippen LogP contribution in [0.15, 0.2) is 42.5 Å². The van der Waals surface area contributed by atoms with Gasteiger partial charge in [-0.2, -0.15) is 0 Å². The maximum absolute atomic E-state index is 13.6. The number of anilines is 1. The molecule has 33 heavy (non-hydrogen) atoms. The fourth-order valence-corrected chi connectivity index (χ4v) is 5.15. The molecule has 1 fully saturated rings. The first-order valence-corrected chi connectivity index (χ1v) is 13.0. The van der Waals surface area contributed by atoms with E-state index in [4.69, 9.17) is 16.3 Å². The van der Waals surface area contributed by atoms with Crippen LogP contribution in [0.2, 0.25) is 5.02 Å². The van der Waals surface area contributed by atoms with Crippen LogP contribution in [0.25, 0.3) is 0 Å². The third-order valence-electron chi connectivity index (χ3n) is 5.49. The number of sulfonamides is 1. The Morgan fingerprint density at radius 1 is 1.18 bits per heavy atom. The quantitative estimate of drug-likeness (QED) is 0.575. The summed E-state index contributed by atoms with van der Waals surface area (Å²) in [5.41, 5.74) is 2.22. The average molecular weight is 498 g/mol. The summed E-state index contributed by atoms with van der Waals surface area (Å²) in [6, 6.07) is 10.5. The van der Waals surface area contributed by atoms with Crippen molar-refractivity contribution >= 4 is 33.2 Å². The summed E-state index contributed by atoms with van der Waals surface area (Å²) in [6.07, 6.45) is 1.24. The molecule has 0 radical (unpaired) electrons. The van der Waals surface area contributed by atoms with E-state index in [1.54, 1.807) is 6.92 Å². The van der Waals surface area contributed by atoms with Gasteiger partial charge in [0.05, 0.1) is 30.2 Å². The number of ether oxygens (including phenoxy) is 1. The van der Waals surface area contributed by atoms with Gasteiger partial charge >= 0.3 is 0 Å². The molecule has 1 saturated heterocycles. The van der Waals surface area contributed by atoms with E-state index in [2.05, 4.69) is 10.2 Å². The van der Waals surface area contributed by atoms with Crippen LogP contribution in [0.3, 0.4) is 0 Å². The molecule has 1 atom stereocenters. The van der Waals surface area contributed by atoms with Crippen LogP contribution in [-0.4, -0.2) is 57.8 Å². The van der Waals surface area contributed by atoms with Crippen LogP contribution in [0, 0.1) is 5.82 Å². The molecule has 7 nitrogen and oxygen atoms in total. The van der Waals surface area contributed by atoms with Gasteiger partial charge in [-0.3, -0.25) is 14.0 Å². The van der Waals surface area contributed by atoms with E-state index in [0.29, 0.717) is 0 Å². The average Bonchev–Trinajstić information content (AvgIpc) is 2.78. The monoisotopic (exact) mass is 497 g/mol. The molecule has 0 saturated carbocycles. The Labute approximate surface area is 199 Å². The first-order valence-electron chi connectivity index (χ1n) is 10.8. The molecule has 0 aliphatic carbocycles. The molecule has 2 aromatic carbocycles. The molecule has 180 valence electrons. The van der Waals surface area contributed by atoms with Crippen molar-refractivity contribution in [3.05, 3.63) is 64.4 Å². The summed E-state index contributed by atoms with van der Waals surface area (Å²) in [5, 5.41) is 2.61. The summed E-state index contributed by atoms with van der Waals surface area (Å²) in [5.74, 6) is -1.11. The maximum Gasteiger partial charge on any atom is 0.244 e. The number of hydrogen-bond acceptors (Lipinski definition) is 5. The Balaban J connectivity index is 1.67. The van der Waals surface area contributed by atoms with Gasteiger partial charge in [0, 0.05) is 26.2 Å². The number of carbonyl (C=O) groups is 1. The van der Waals surface area contributed by atoms with Gasteiger partial charge in [-0.25, -0.2) is 12.8 Å². The molecule has 1 N–H and O–H groups in total. The Kier molecular flexibility index (Phi) is 8.69. The third kappa shape index (κ3) is 6.89. The van der Waals surface area contributed by atoms with Crippen LogP contribution >= 0.6 is 11.6 Å². The Hall–Kier alpha value is -2.20. The van der Waals surface area contributed by atoms with E-state index in [1.165, 1.54) is 17.7 Å². The van der Waals surface area contributed by atoms with Crippen LogP contribution in [0.5, 0.6) is 0 Å². The fourth-order valence-electron chi connectivity index (χ4n) is 3.77. The predicted molar refractivity (Wildman–Crippen MR) is 127 cm³/mol. The van der Waals surface area contributed by atoms with Gasteiger partial charge in [0.1, 0.15) is 11.9 Å². The van der Waals surface area contributed by atoms with Crippen molar-refractivity contribution in [1.82, 2.24) is 10.2 Å². The largest absolute Gasteiger partial charge is 0.379 e. The van der Waals surface area contributed by atoms with Crippen LogP contribution in [-0.2, 0) is 32.6 Å². The highest BCUT2D eigenvalue weighted by Crippen LogP contribution is 2.27. The van der Waals surface area contributed by atoms with Crippen LogP contribution in [0.4, 0.5) is 10.1 Å². The van der Waals surface area contributed by atoms with Gasteiger partial charge in [0.15, 0.2) is 0 Å². The first-order chi connectivity index (χ1) is 15.7. The summed E-state index contributed by atoms with van der Waals surface area (Å²) < 4.78 is 44.9. The molecule has 0 aromatic heterocycles. The standard InChI is InChI=1S/C23H29ClFN3O4S/c1-3-22(28(33(2,30)31)19-8-9-21(25)20(24)14-19)23(29)26-15-17-4-6-18(7-5-17)16-27-10-12-32-13-11-27/h4-9,14,22H,3,10-13,15-16H2,1-2H3,(H,26,29). The highest BCUT2D eigenvalue weighted by Gasteiger charge is 2.31. The lowest BCUT2D eigenvalue weighted by molar-refractivity contribution is -0.122. The number of morpholine rings is 1. The zero-order valence-electron chi connectivity index (χ0n) is 18.8. The van der Waals surface area contributed by atoms with Crippen molar-refractivity contribution in [2.75, 3.05) is 36.9 Å². The summed E-state index contributed by atoms with van der Waals surface area (Å²) >= 11 is 5.84. The minimum Gasteiger partial charge on any atom is -0.379 e. The van der Waals surface area contributed by atoms with Gasteiger partial charge in [-0.1, -0.05) is 42.8 Å². The molecular weight excluding hydrogens is 469 g/mol. The van der Waals surface area contributed by atoms with E-state index in [9.17, 15) is 17.6 Å². The van der Waals surface area contributed by atoms with Crippen molar-refractivity contribution in [2.45, 2.75) is 32.5 Å². The van der Waals surface area contributed by atoms with Gasteiger partial charge in [0.25, 0.3) is 0 Å². The molecule has 1 unspecified atom stereocenters. The molecule has 1 aliphatic heterocycles. The number of amides is 1. The molecule has 3 rings (SSSR count). The molecule has 2 aromatic rings. The molecule has 10 heteroatoms. The zero-order valence-corrected chi connectivity index (χ0v) is 20.3. The summed E-state index contributed by atoms with van der Waals surface area (Å²) in [7, 11) is -3.83. The smallest absolute Gasteiger partial charge is 0.244 e. The van der Waals surface area contributed by atoms with E-state index >= 15 is 0 Å². The van der Waals surface area contributed by atoms with E-state index in [0.717, 1.165) is 55.0 Å². The number of carbonyl (C=O) groups excluding carboxylic acids is 1. The summed E-state index contributed by atoms with van der Waals surface area (Å²) in [4.78, 5) is 15.3. The second kappa shape index (κ2) is 11.3. The highest BCUT2D eigenvalue weighted by molar-refractivity contribution is 7.92. The zero-order chi connectivity index (χ0) is 24.0. The van der Waals surface area contributed by atoms with Gasteiger partial charge in [0.2, 0.25) is 15.9 Å². The molecule has 1 amide bonds. The SMILES string of the molecule is CCC(C(=O)NCc1ccc(CN2CCOCC2)cc1)N(c1ccc(F)c(Cl)c1)S(C)(=O)=O. The highest BCUT2D eigenvalue weighted by atomic mass is 35.5. The lowest BCUT2D eigenvalue weighted by atomic mass is 10.1. The van der Waals surface area contributed by atoms with Crippen LogP contribution in [0.1, 0.15) is 24.5 Å². The minimum absolute atomic E-state index is 0.137. The van der Waals surface area contributed by atoms with Crippen molar-refractivity contribution in [2.24, 2.45) is 0 Å². The lowest BCUT2D eigenvalue weighted by Crippen LogP contribution is -2.49. The van der Waals surface area contributed by atoms with Crippen LogP contribution < -0.4 is 9.62 Å². The van der Waals surface area contributed by atoms with Gasteiger partial charge < -0.3 is 10.1 Å². The Morgan fingerprint density at radius 2 is 1.82 bits per heavy atom. The van der Waals surface area contributed by atoms with Crippen molar-refractivity contribution in [3.63, 3.8) is 0 Å². The number of rotatable bonds is 9. The number of hydrogen-bond donors (Lipinski definition) is 1. The molecule has 1 aliphatic rings. The number of benzene rings is 2. The van der Waals surface area contributed by atoms with Crippen molar-refractivity contribution < 1.29 is 22.3 Å². The molecule has 0 bridgehead atoms. The Bertz CT molecular complexity index is 1060. The molecule has 0 spiro atoms. The maximum atomic E-state index is 13.6. The fraction of sp³-hybridized carbons (Fsp3) is 0.435. The Morgan fingerprint density at radius 3 is 2.39 bits per heavy atom. The first kappa shape index (κ1) is 25.4. The van der Waals surface area contributed by atoms with Gasteiger partial charge in [-0.15, -0.1) is 0 Å². The predicted octanol–water partition coefficient (Wildman–Crippen LogP) is 3.17. The number of nitrogens with zero attached hydrogens (tertiary/aromatic N) is 2. The summed E-state index contributed by atoms with van der Waals surface area (Å²) in [6.45, 7) is 6.13.